The number of nitrogens with two attached hydrogens (primary N) is 1. The van der Waals surface area contributed by atoms with E-state index < -0.39 is 0 Å². The third-order valence-electron chi connectivity index (χ3n) is 3.20. The SMILES string of the molecule is NC(=O)C(c1ccc(Br)cc1)N1CCCNCC1. The maximum absolute atomic E-state index is 11.7. The minimum Gasteiger partial charge on any atom is -0.368 e. The number of nitrogens with zero attached hydrogens (tertiary/aromatic N) is 1. The first-order chi connectivity index (χ1) is 8.68. The molecule has 1 aromatic carbocycles. The van der Waals surface area contributed by atoms with Crippen molar-refractivity contribution in [3.63, 3.8) is 0 Å². The normalized spacial score (nSPS) is 19.2. The molecule has 1 unspecified atom stereocenters. The number of nitrogens with one attached hydrogen (secondary N) is 1. The van der Waals surface area contributed by atoms with E-state index >= 15 is 0 Å². The zero-order valence-electron chi connectivity index (χ0n) is 10.2. The van der Waals surface area contributed by atoms with Crippen molar-refractivity contribution in [3.05, 3.63) is 34.3 Å². The number of benzene rings is 1. The van der Waals surface area contributed by atoms with Gasteiger partial charge in [-0.15, -0.1) is 0 Å². The van der Waals surface area contributed by atoms with Crippen molar-refractivity contribution >= 4 is 21.8 Å². The summed E-state index contributed by atoms with van der Waals surface area (Å²) in [6.07, 6.45) is 1.04. The lowest BCUT2D eigenvalue weighted by atomic mass is 10.0. The van der Waals surface area contributed by atoms with Gasteiger partial charge in [-0.25, -0.2) is 0 Å². The molecule has 1 aliphatic rings. The van der Waals surface area contributed by atoms with Crippen LogP contribution in [0.1, 0.15) is 18.0 Å². The predicted molar refractivity (Wildman–Crippen MR) is 75.1 cm³/mol. The molecule has 1 amide bonds. The molecule has 1 atom stereocenters. The quantitative estimate of drug-likeness (QED) is 0.884. The van der Waals surface area contributed by atoms with Crippen molar-refractivity contribution in [1.82, 2.24) is 10.2 Å². The second-order valence-electron chi connectivity index (χ2n) is 4.50. The number of rotatable bonds is 3. The molecular formula is C13H18BrN3O. The molecule has 1 saturated heterocycles. The van der Waals surface area contributed by atoms with Crippen LogP contribution in [-0.2, 0) is 4.79 Å². The molecule has 1 aliphatic heterocycles. The predicted octanol–water partition coefficient (Wildman–Crippen LogP) is 1.27. The van der Waals surface area contributed by atoms with Gasteiger partial charge in [0.2, 0.25) is 5.91 Å². The Morgan fingerprint density at radius 3 is 2.67 bits per heavy atom. The van der Waals surface area contributed by atoms with Crippen LogP contribution in [0.5, 0.6) is 0 Å². The number of primary amides is 1. The number of carbonyl (C=O) groups is 1. The smallest absolute Gasteiger partial charge is 0.239 e. The third kappa shape index (κ3) is 3.31. The lowest BCUT2D eigenvalue weighted by molar-refractivity contribution is -0.123. The van der Waals surface area contributed by atoms with E-state index in [4.69, 9.17) is 5.73 Å². The molecule has 1 heterocycles. The minimum absolute atomic E-state index is 0.278. The summed E-state index contributed by atoms with van der Waals surface area (Å²) in [6.45, 7) is 3.66. The highest BCUT2D eigenvalue weighted by Gasteiger charge is 2.25. The van der Waals surface area contributed by atoms with E-state index in [1.165, 1.54) is 0 Å². The molecule has 0 radical (unpaired) electrons. The Bertz CT molecular complexity index is 399. The molecule has 2 rings (SSSR count). The molecule has 5 heteroatoms. The van der Waals surface area contributed by atoms with Gasteiger partial charge in [-0.1, -0.05) is 28.1 Å². The van der Waals surface area contributed by atoms with Gasteiger partial charge in [-0.05, 0) is 30.7 Å². The second-order valence-corrected chi connectivity index (χ2v) is 5.41. The number of hydrogen-bond acceptors (Lipinski definition) is 3. The van der Waals surface area contributed by atoms with Crippen molar-refractivity contribution in [1.29, 1.82) is 0 Å². The average Bonchev–Trinajstić information content (AvgIpc) is 2.60. The maximum Gasteiger partial charge on any atom is 0.239 e. The van der Waals surface area contributed by atoms with Gasteiger partial charge in [0.15, 0.2) is 0 Å². The van der Waals surface area contributed by atoms with Gasteiger partial charge in [0.25, 0.3) is 0 Å². The van der Waals surface area contributed by atoms with E-state index in [1.54, 1.807) is 0 Å². The first-order valence-corrected chi connectivity index (χ1v) is 6.97. The fourth-order valence-corrected chi connectivity index (χ4v) is 2.59. The van der Waals surface area contributed by atoms with Crippen molar-refractivity contribution < 1.29 is 4.79 Å². The zero-order valence-corrected chi connectivity index (χ0v) is 11.8. The van der Waals surface area contributed by atoms with Crippen molar-refractivity contribution in [2.75, 3.05) is 26.2 Å². The summed E-state index contributed by atoms with van der Waals surface area (Å²) < 4.78 is 1.01. The minimum atomic E-state index is -0.321. The molecule has 0 saturated carbocycles. The Balaban J connectivity index is 2.21. The summed E-state index contributed by atoms with van der Waals surface area (Å²) in [5.74, 6) is -0.278. The molecule has 1 aromatic rings. The van der Waals surface area contributed by atoms with Crippen molar-refractivity contribution in [2.45, 2.75) is 12.5 Å². The first-order valence-electron chi connectivity index (χ1n) is 6.18. The molecule has 3 N–H and O–H groups in total. The van der Waals surface area contributed by atoms with Crippen molar-refractivity contribution in [2.24, 2.45) is 5.73 Å². The molecule has 98 valence electrons. The van der Waals surface area contributed by atoms with Gasteiger partial charge < -0.3 is 11.1 Å². The second kappa shape index (κ2) is 6.31. The van der Waals surface area contributed by atoms with Gasteiger partial charge in [0.05, 0.1) is 0 Å². The van der Waals surface area contributed by atoms with E-state index in [9.17, 15) is 4.79 Å². The van der Waals surface area contributed by atoms with E-state index in [-0.39, 0.29) is 11.9 Å². The van der Waals surface area contributed by atoms with Crippen LogP contribution in [0.2, 0.25) is 0 Å². The maximum atomic E-state index is 11.7. The van der Waals surface area contributed by atoms with Crippen LogP contribution in [0.25, 0.3) is 0 Å². The summed E-state index contributed by atoms with van der Waals surface area (Å²) >= 11 is 3.40. The fraction of sp³-hybridized carbons (Fsp3) is 0.462. The van der Waals surface area contributed by atoms with Crippen LogP contribution >= 0.6 is 15.9 Å². The lowest BCUT2D eigenvalue weighted by Crippen LogP contribution is -2.39. The van der Waals surface area contributed by atoms with Crippen LogP contribution in [0, 0.1) is 0 Å². The van der Waals surface area contributed by atoms with E-state index in [0.29, 0.717) is 0 Å². The molecule has 1 fully saturated rings. The molecule has 4 nitrogen and oxygen atoms in total. The Kier molecular flexibility index (Phi) is 4.74. The Hall–Kier alpha value is -0.910. The largest absolute Gasteiger partial charge is 0.368 e. The van der Waals surface area contributed by atoms with Gasteiger partial charge in [0, 0.05) is 24.1 Å². The van der Waals surface area contributed by atoms with Crippen molar-refractivity contribution in [3.8, 4) is 0 Å². The van der Waals surface area contributed by atoms with Gasteiger partial charge >= 0.3 is 0 Å². The lowest BCUT2D eigenvalue weighted by Gasteiger charge is -2.28. The number of amides is 1. The fourth-order valence-electron chi connectivity index (χ4n) is 2.32. The van der Waals surface area contributed by atoms with Crippen LogP contribution in [-0.4, -0.2) is 37.0 Å². The standard InChI is InChI=1S/C13H18BrN3O/c14-11-4-2-10(3-5-11)12(13(15)18)17-8-1-6-16-7-9-17/h2-5,12,16H,1,6-9H2,(H2,15,18). The van der Waals surface area contributed by atoms with Crippen LogP contribution in [0.15, 0.2) is 28.7 Å². The summed E-state index contributed by atoms with van der Waals surface area (Å²) in [5, 5.41) is 3.33. The summed E-state index contributed by atoms with van der Waals surface area (Å²) in [4.78, 5) is 13.9. The Labute approximate surface area is 116 Å². The van der Waals surface area contributed by atoms with E-state index in [0.717, 1.165) is 42.6 Å². The zero-order chi connectivity index (χ0) is 13.0. The molecule has 18 heavy (non-hydrogen) atoms. The number of halogens is 1. The molecule has 0 aliphatic carbocycles. The summed E-state index contributed by atoms with van der Waals surface area (Å²) in [5.41, 5.74) is 6.54. The van der Waals surface area contributed by atoms with Gasteiger partial charge in [-0.3, -0.25) is 9.69 Å². The highest BCUT2D eigenvalue weighted by Crippen LogP contribution is 2.23. The Morgan fingerprint density at radius 1 is 1.28 bits per heavy atom. The van der Waals surface area contributed by atoms with E-state index in [1.807, 2.05) is 24.3 Å². The monoisotopic (exact) mass is 311 g/mol. The molecule has 0 aromatic heterocycles. The van der Waals surface area contributed by atoms with Crippen LogP contribution < -0.4 is 11.1 Å². The number of hydrogen-bond donors (Lipinski definition) is 2. The Morgan fingerprint density at radius 2 is 2.00 bits per heavy atom. The molecular weight excluding hydrogens is 294 g/mol. The van der Waals surface area contributed by atoms with Gasteiger partial charge in [0.1, 0.15) is 6.04 Å². The topological polar surface area (TPSA) is 58.4 Å². The van der Waals surface area contributed by atoms with Crippen LogP contribution in [0.3, 0.4) is 0 Å². The molecule has 0 bridgehead atoms. The highest BCUT2D eigenvalue weighted by atomic mass is 79.9. The first kappa shape index (κ1) is 13.5. The molecule has 0 spiro atoms. The summed E-state index contributed by atoms with van der Waals surface area (Å²) in [7, 11) is 0. The third-order valence-corrected chi connectivity index (χ3v) is 3.72. The summed E-state index contributed by atoms with van der Waals surface area (Å²) in [6, 6.07) is 7.48. The van der Waals surface area contributed by atoms with Gasteiger partial charge in [-0.2, -0.15) is 0 Å². The number of carbonyl (C=O) groups excluding carboxylic acids is 1. The van der Waals surface area contributed by atoms with E-state index in [2.05, 4.69) is 26.1 Å². The average molecular weight is 312 g/mol. The van der Waals surface area contributed by atoms with Crippen LogP contribution in [0.4, 0.5) is 0 Å². The highest BCUT2D eigenvalue weighted by molar-refractivity contribution is 9.10.